The molecule has 0 spiro atoms. The largest absolute Gasteiger partial charge is 0.466 e. The second-order valence-electron chi connectivity index (χ2n) is 6.70. The van der Waals surface area contributed by atoms with Crippen molar-refractivity contribution < 1.29 is 14.3 Å². The van der Waals surface area contributed by atoms with E-state index in [9.17, 15) is 4.79 Å². The van der Waals surface area contributed by atoms with Crippen LogP contribution in [0, 0.1) is 5.92 Å². The van der Waals surface area contributed by atoms with Gasteiger partial charge >= 0.3 is 5.97 Å². The molecule has 0 aliphatic rings. The number of esters is 1. The summed E-state index contributed by atoms with van der Waals surface area (Å²) in [6.45, 7) is 5.37. The van der Waals surface area contributed by atoms with E-state index in [2.05, 4.69) is 36.4 Å². The van der Waals surface area contributed by atoms with E-state index in [4.69, 9.17) is 15.2 Å². The van der Waals surface area contributed by atoms with Crippen LogP contribution in [0.4, 0.5) is 0 Å². The Labute approximate surface area is 162 Å². The maximum atomic E-state index is 12.2. The molecule has 27 heavy (non-hydrogen) atoms. The molecule has 0 heterocycles. The highest BCUT2D eigenvalue weighted by molar-refractivity contribution is 5.72. The van der Waals surface area contributed by atoms with Gasteiger partial charge < -0.3 is 15.2 Å². The van der Waals surface area contributed by atoms with Gasteiger partial charge in [0.05, 0.1) is 12.5 Å². The van der Waals surface area contributed by atoms with E-state index in [0.29, 0.717) is 32.7 Å². The van der Waals surface area contributed by atoms with Crippen LogP contribution < -0.4 is 5.73 Å². The zero-order valence-electron chi connectivity index (χ0n) is 16.4. The Morgan fingerprint density at radius 2 is 1.63 bits per heavy atom. The van der Waals surface area contributed by atoms with Crippen LogP contribution in [0.5, 0.6) is 0 Å². The molecule has 0 aliphatic carbocycles. The molecular formula is C23H31NO3. The van der Waals surface area contributed by atoms with Crippen molar-refractivity contribution in [3.63, 3.8) is 0 Å². The normalized spacial score (nSPS) is 13.1. The van der Waals surface area contributed by atoms with Crippen molar-refractivity contribution in [2.75, 3.05) is 19.8 Å². The van der Waals surface area contributed by atoms with E-state index >= 15 is 0 Å². The molecule has 0 radical (unpaired) electrons. The Morgan fingerprint density at radius 1 is 0.963 bits per heavy atom. The average Bonchev–Trinajstić information content (AvgIpc) is 2.69. The highest BCUT2D eigenvalue weighted by Gasteiger charge is 2.22. The minimum atomic E-state index is -0.213. The van der Waals surface area contributed by atoms with Crippen LogP contribution in [0.2, 0.25) is 0 Å². The molecule has 2 aromatic rings. The summed E-state index contributed by atoms with van der Waals surface area (Å²) < 4.78 is 10.6. The fourth-order valence-corrected chi connectivity index (χ4v) is 3.18. The first-order valence-electron chi connectivity index (χ1n) is 9.78. The van der Waals surface area contributed by atoms with Crippen LogP contribution in [0.1, 0.15) is 32.3 Å². The number of benzene rings is 2. The lowest BCUT2D eigenvalue weighted by molar-refractivity contribution is -0.149. The highest BCUT2D eigenvalue weighted by Crippen LogP contribution is 2.21. The van der Waals surface area contributed by atoms with Gasteiger partial charge in [-0.2, -0.15) is 0 Å². The summed E-state index contributed by atoms with van der Waals surface area (Å²) in [5.74, 6) is -0.387. The van der Waals surface area contributed by atoms with Gasteiger partial charge in [-0.1, -0.05) is 54.6 Å². The standard InChI is InChI=1S/C23H31NO3/c1-3-26-15-14-21(23(25)27-4-2)17-22(24)16-18-10-12-20(13-11-18)19-8-6-5-7-9-19/h5-13,21-22H,3-4,14-17,24H2,1-2H3/t21-,22-/m1/s1. The Morgan fingerprint density at radius 3 is 2.26 bits per heavy atom. The van der Waals surface area contributed by atoms with Crippen molar-refractivity contribution in [3.8, 4) is 11.1 Å². The topological polar surface area (TPSA) is 61.5 Å². The van der Waals surface area contributed by atoms with Crippen molar-refractivity contribution in [1.82, 2.24) is 0 Å². The molecule has 4 nitrogen and oxygen atoms in total. The molecule has 2 aromatic carbocycles. The Kier molecular flexibility index (Phi) is 9.02. The molecule has 0 saturated carbocycles. The third kappa shape index (κ3) is 7.16. The third-order valence-corrected chi connectivity index (χ3v) is 4.58. The first-order valence-corrected chi connectivity index (χ1v) is 9.78. The van der Waals surface area contributed by atoms with Gasteiger partial charge in [-0.05, 0) is 49.8 Å². The zero-order valence-corrected chi connectivity index (χ0v) is 16.4. The summed E-state index contributed by atoms with van der Waals surface area (Å²) in [7, 11) is 0. The number of hydrogen-bond acceptors (Lipinski definition) is 4. The van der Waals surface area contributed by atoms with Gasteiger partial charge in [0.25, 0.3) is 0 Å². The third-order valence-electron chi connectivity index (χ3n) is 4.58. The van der Waals surface area contributed by atoms with Crippen molar-refractivity contribution in [1.29, 1.82) is 0 Å². The van der Waals surface area contributed by atoms with Gasteiger partial charge in [0.1, 0.15) is 0 Å². The van der Waals surface area contributed by atoms with Crippen molar-refractivity contribution >= 4 is 5.97 Å². The molecule has 0 fully saturated rings. The molecule has 146 valence electrons. The van der Waals surface area contributed by atoms with Crippen LogP contribution in [-0.4, -0.2) is 31.8 Å². The Hall–Kier alpha value is -2.17. The number of carbonyl (C=O) groups is 1. The van der Waals surface area contributed by atoms with Gasteiger partial charge in [0.15, 0.2) is 0 Å². The number of rotatable bonds is 11. The van der Waals surface area contributed by atoms with E-state index in [1.54, 1.807) is 0 Å². The van der Waals surface area contributed by atoms with Crippen molar-refractivity contribution in [2.45, 2.75) is 39.2 Å². The maximum Gasteiger partial charge on any atom is 0.309 e. The summed E-state index contributed by atoms with van der Waals surface area (Å²) in [5, 5.41) is 0. The number of ether oxygens (including phenoxy) is 2. The predicted octanol–water partition coefficient (Wildman–Crippen LogP) is 4.22. The van der Waals surface area contributed by atoms with Crippen LogP contribution in [0.25, 0.3) is 11.1 Å². The first kappa shape index (κ1) is 21.1. The van der Waals surface area contributed by atoms with Gasteiger partial charge in [0.2, 0.25) is 0 Å². The Bertz CT molecular complexity index is 670. The molecule has 0 saturated heterocycles. The molecule has 2 N–H and O–H groups in total. The number of carbonyl (C=O) groups excluding carboxylic acids is 1. The van der Waals surface area contributed by atoms with E-state index in [1.807, 2.05) is 32.0 Å². The molecule has 0 amide bonds. The lowest BCUT2D eigenvalue weighted by Crippen LogP contribution is -2.31. The summed E-state index contributed by atoms with van der Waals surface area (Å²) in [5.41, 5.74) is 9.91. The molecular weight excluding hydrogens is 338 g/mol. The van der Waals surface area contributed by atoms with Crippen LogP contribution in [-0.2, 0) is 20.7 Å². The lowest BCUT2D eigenvalue weighted by atomic mass is 9.93. The highest BCUT2D eigenvalue weighted by atomic mass is 16.5. The molecule has 0 unspecified atom stereocenters. The van der Waals surface area contributed by atoms with E-state index in [1.165, 1.54) is 16.7 Å². The maximum absolute atomic E-state index is 12.2. The van der Waals surface area contributed by atoms with Gasteiger partial charge in [-0.3, -0.25) is 4.79 Å². The van der Waals surface area contributed by atoms with Crippen LogP contribution >= 0.6 is 0 Å². The minimum absolute atomic E-state index is 0.0939. The summed E-state index contributed by atoms with van der Waals surface area (Å²) in [4.78, 5) is 12.2. The fraction of sp³-hybridized carbons (Fsp3) is 0.435. The second kappa shape index (κ2) is 11.5. The van der Waals surface area contributed by atoms with Gasteiger partial charge in [-0.15, -0.1) is 0 Å². The molecule has 2 atom stereocenters. The molecule has 2 rings (SSSR count). The SMILES string of the molecule is CCOCC[C@H](C[C@H](N)Cc1ccc(-c2ccccc2)cc1)C(=O)OCC. The monoisotopic (exact) mass is 369 g/mol. The molecule has 0 aromatic heterocycles. The van der Waals surface area contributed by atoms with E-state index < -0.39 is 0 Å². The smallest absolute Gasteiger partial charge is 0.309 e. The second-order valence-corrected chi connectivity index (χ2v) is 6.70. The lowest BCUT2D eigenvalue weighted by Gasteiger charge is -2.20. The zero-order chi connectivity index (χ0) is 19.5. The van der Waals surface area contributed by atoms with Crippen LogP contribution in [0.15, 0.2) is 54.6 Å². The molecule has 0 bridgehead atoms. The van der Waals surface area contributed by atoms with E-state index in [0.717, 1.165) is 6.42 Å². The van der Waals surface area contributed by atoms with Crippen molar-refractivity contribution in [2.24, 2.45) is 11.7 Å². The summed E-state index contributed by atoms with van der Waals surface area (Å²) >= 11 is 0. The quantitative estimate of drug-likeness (QED) is 0.476. The Balaban J connectivity index is 1.93. The van der Waals surface area contributed by atoms with Gasteiger partial charge in [0, 0.05) is 19.3 Å². The first-order chi connectivity index (χ1) is 13.1. The number of nitrogens with two attached hydrogens (primary N) is 1. The van der Waals surface area contributed by atoms with Crippen molar-refractivity contribution in [3.05, 3.63) is 60.2 Å². The fourth-order valence-electron chi connectivity index (χ4n) is 3.18. The summed E-state index contributed by atoms with van der Waals surface area (Å²) in [6, 6.07) is 18.7. The predicted molar refractivity (Wildman–Crippen MR) is 109 cm³/mol. The summed E-state index contributed by atoms with van der Waals surface area (Å²) in [6.07, 6.45) is 1.99. The molecule has 0 aliphatic heterocycles. The average molecular weight is 370 g/mol. The minimum Gasteiger partial charge on any atom is -0.466 e. The van der Waals surface area contributed by atoms with Gasteiger partial charge in [-0.25, -0.2) is 0 Å². The van der Waals surface area contributed by atoms with Crippen LogP contribution in [0.3, 0.4) is 0 Å². The number of hydrogen-bond donors (Lipinski definition) is 1. The van der Waals surface area contributed by atoms with E-state index in [-0.39, 0.29) is 17.9 Å². The molecule has 4 heteroatoms.